The second-order valence-corrected chi connectivity index (χ2v) is 6.88. The fourth-order valence-corrected chi connectivity index (χ4v) is 3.25. The van der Waals surface area contributed by atoms with E-state index >= 15 is 0 Å². The second-order valence-electron chi connectivity index (χ2n) is 5.93. The van der Waals surface area contributed by atoms with Crippen LogP contribution in [-0.4, -0.2) is 13.2 Å². The fourth-order valence-electron chi connectivity index (χ4n) is 2.39. The highest BCUT2D eigenvalue weighted by molar-refractivity contribution is 7.10. The molecule has 1 unspecified atom stereocenters. The van der Waals surface area contributed by atoms with E-state index in [-0.39, 0.29) is 11.5 Å². The highest BCUT2D eigenvalue weighted by Gasteiger charge is 2.23. The number of hydrogen-bond acceptors (Lipinski definition) is 3. The van der Waals surface area contributed by atoms with Crippen LogP contribution in [0, 0.1) is 0 Å². The van der Waals surface area contributed by atoms with Crippen LogP contribution < -0.4 is 10.1 Å². The van der Waals surface area contributed by atoms with Crippen LogP contribution in [0.5, 0.6) is 5.75 Å². The van der Waals surface area contributed by atoms with Crippen molar-refractivity contribution >= 4 is 11.3 Å². The second kappa shape index (κ2) is 7.10. The minimum Gasteiger partial charge on any atom is -0.494 e. The number of para-hydroxylation sites is 1. The maximum Gasteiger partial charge on any atom is 0.124 e. The van der Waals surface area contributed by atoms with E-state index in [1.165, 1.54) is 10.4 Å². The maximum atomic E-state index is 5.72. The van der Waals surface area contributed by atoms with E-state index in [0.29, 0.717) is 6.61 Å². The Morgan fingerprint density at radius 3 is 2.62 bits per heavy atom. The summed E-state index contributed by atoms with van der Waals surface area (Å²) in [6.45, 7) is 10.4. The van der Waals surface area contributed by atoms with Crippen LogP contribution >= 0.6 is 11.3 Å². The van der Waals surface area contributed by atoms with Gasteiger partial charge in [-0.05, 0) is 31.4 Å². The minimum absolute atomic E-state index is 0.142. The summed E-state index contributed by atoms with van der Waals surface area (Å²) in [4.78, 5) is 1.42. The lowest BCUT2D eigenvalue weighted by Gasteiger charge is -2.27. The molecule has 2 rings (SSSR count). The quantitative estimate of drug-likeness (QED) is 0.795. The van der Waals surface area contributed by atoms with Gasteiger partial charge in [-0.15, -0.1) is 11.3 Å². The molecule has 0 spiro atoms. The largest absolute Gasteiger partial charge is 0.494 e. The smallest absolute Gasteiger partial charge is 0.124 e. The van der Waals surface area contributed by atoms with Crippen LogP contribution in [0.1, 0.15) is 44.2 Å². The average molecular weight is 303 g/mol. The van der Waals surface area contributed by atoms with Gasteiger partial charge in [0, 0.05) is 28.4 Å². The van der Waals surface area contributed by atoms with E-state index in [0.717, 1.165) is 12.3 Å². The van der Waals surface area contributed by atoms with Crippen LogP contribution in [0.3, 0.4) is 0 Å². The van der Waals surface area contributed by atoms with Gasteiger partial charge in [-0.1, -0.05) is 38.1 Å². The molecule has 21 heavy (non-hydrogen) atoms. The summed E-state index contributed by atoms with van der Waals surface area (Å²) in [7, 11) is 0. The first-order valence-electron chi connectivity index (χ1n) is 7.53. The molecular weight excluding hydrogens is 278 g/mol. The topological polar surface area (TPSA) is 21.3 Å². The zero-order valence-electron chi connectivity index (χ0n) is 13.3. The van der Waals surface area contributed by atoms with Crippen LogP contribution in [0.2, 0.25) is 0 Å². The van der Waals surface area contributed by atoms with Crippen molar-refractivity contribution in [1.29, 1.82) is 0 Å². The van der Waals surface area contributed by atoms with Crippen LogP contribution in [0.15, 0.2) is 41.8 Å². The lowest BCUT2D eigenvalue weighted by atomic mass is 9.91. The molecule has 0 saturated carbocycles. The average Bonchev–Trinajstić information content (AvgIpc) is 3.01. The summed E-state index contributed by atoms with van der Waals surface area (Å²) in [5.41, 5.74) is 1.37. The summed E-state index contributed by atoms with van der Waals surface area (Å²) in [5.74, 6) is 0.980. The highest BCUT2D eigenvalue weighted by atomic mass is 32.1. The first-order chi connectivity index (χ1) is 10.0. The van der Waals surface area contributed by atoms with Crippen LogP contribution in [0.25, 0.3) is 0 Å². The molecule has 1 N–H and O–H groups in total. The van der Waals surface area contributed by atoms with Crippen molar-refractivity contribution in [2.24, 2.45) is 0 Å². The van der Waals surface area contributed by atoms with Crippen molar-refractivity contribution in [1.82, 2.24) is 5.32 Å². The van der Waals surface area contributed by atoms with Gasteiger partial charge in [0.2, 0.25) is 0 Å². The molecule has 0 aliphatic heterocycles. The lowest BCUT2D eigenvalue weighted by molar-refractivity contribution is 0.330. The van der Waals surface area contributed by atoms with Crippen molar-refractivity contribution in [2.75, 3.05) is 13.2 Å². The molecule has 0 saturated heterocycles. The highest BCUT2D eigenvalue weighted by Crippen LogP contribution is 2.29. The van der Waals surface area contributed by atoms with Gasteiger partial charge in [-0.2, -0.15) is 0 Å². The number of nitrogens with one attached hydrogen (secondary N) is 1. The molecule has 2 aromatic rings. The molecule has 1 atom stereocenters. The molecule has 114 valence electrons. The van der Waals surface area contributed by atoms with Crippen LogP contribution in [-0.2, 0) is 5.41 Å². The van der Waals surface area contributed by atoms with Gasteiger partial charge in [-0.3, -0.25) is 0 Å². The third-order valence-electron chi connectivity index (χ3n) is 3.72. The molecule has 0 amide bonds. The predicted molar refractivity (Wildman–Crippen MR) is 91.4 cm³/mol. The Hall–Kier alpha value is -1.32. The number of benzene rings is 1. The van der Waals surface area contributed by atoms with Gasteiger partial charge < -0.3 is 10.1 Å². The van der Waals surface area contributed by atoms with E-state index in [2.05, 4.69) is 55.7 Å². The molecule has 2 nitrogen and oxygen atoms in total. The third kappa shape index (κ3) is 4.08. The fraction of sp³-hybridized carbons (Fsp3) is 0.444. The molecule has 0 radical (unpaired) electrons. The first kappa shape index (κ1) is 16.1. The molecule has 3 heteroatoms. The summed E-state index contributed by atoms with van der Waals surface area (Å²) < 4.78 is 5.72. The molecule has 1 aromatic heterocycles. The summed E-state index contributed by atoms with van der Waals surface area (Å²) in [6.07, 6.45) is 0. The molecule has 1 heterocycles. The number of thiophene rings is 1. The molecule has 0 bridgehead atoms. The third-order valence-corrected chi connectivity index (χ3v) is 4.96. The predicted octanol–water partition coefficient (Wildman–Crippen LogP) is 4.78. The molecule has 0 aliphatic carbocycles. The van der Waals surface area contributed by atoms with Crippen molar-refractivity contribution in [3.8, 4) is 5.75 Å². The van der Waals surface area contributed by atoms with E-state index < -0.39 is 0 Å². The molecule has 0 fully saturated rings. The Kier molecular flexibility index (Phi) is 5.43. The molecular formula is C18H25NOS. The molecule has 1 aromatic carbocycles. The summed E-state index contributed by atoms with van der Waals surface area (Å²) in [5, 5.41) is 5.80. The van der Waals surface area contributed by atoms with Crippen molar-refractivity contribution in [3.05, 3.63) is 52.2 Å². The normalized spacial score (nSPS) is 13.1. The Bertz CT molecular complexity index is 548. The van der Waals surface area contributed by atoms with E-state index in [9.17, 15) is 0 Å². The summed E-state index contributed by atoms with van der Waals surface area (Å²) in [6, 6.07) is 12.9. The zero-order valence-corrected chi connectivity index (χ0v) is 14.2. The van der Waals surface area contributed by atoms with Gasteiger partial charge in [0.1, 0.15) is 5.75 Å². The number of hydrogen-bond donors (Lipinski definition) is 1. The van der Waals surface area contributed by atoms with E-state index in [1.807, 2.05) is 30.4 Å². The Morgan fingerprint density at radius 2 is 1.95 bits per heavy atom. The minimum atomic E-state index is 0.142. The lowest BCUT2D eigenvalue weighted by Crippen LogP contribution is -2.34. The Balaban J connectivity index is 2.03. The Labute approximate surface area is 132 Å². The van der Waals surface area contributed by atoms with Gasteiger partial charge in [0.25, 0.3) is 0 Å². The number of ether oxygens (including phenoxy) is 1. The van der Waals surface area contributed by atoms with E-state index in [1.54, 1.807) is 0 Å². The number of rotatable bonds is 7. The standard InChI is InChI=1S/C18H25NOS/c1-5-20-16-10-7-6-9-15(16)14(2)19-13-18(3,4)17-11-8-12-21-17/h6-12,14,19H,5,13H2,1-4H3. The zero-order chi connectivity index (χ0) is 15.3. The van der Waals surface area contributed by atoms with Gasteiger partial charge in [0.05, 0.1) is 6.61 Å². The van der Waals surface area contributed by atoms with Gasteiger partial charge in [-0.25, -0.2) is 0 Å². The SMILES string of the molecule is CCOc1ccccc1C(C)NCC(C)(C)c1cccs1. The van der Waals surface area contributed by atoms with E-state index in [4.69, 9.17) is 4.74 Å². The molecule has 0 aliphatic rings. The van der Waals surface area contributed by atoms with Crippen molar-refractivity contribution in [2.45, 2.75) is 39.2 Å². The Morgan fingerprint density at radius 1 is 1.19 bits per heavy atom. The first-order valence-corrected chi connectivity index (χ1v) is 8.41. The summed E-state index contributed by atoms with van der Waals surface area (Å²) >= 11 is 1.82. The van der Waals surface area contributed by atoms with Crippen molar-refractivity contribution in [3.63, 3.8) is 0 Å². The monoisotopic (exact) mass is 303 g/mol. The maximum absolute atomic E-state index is 5.72. The van der Waals surface area contributed by atoms with Gasteiger partial charge >= 0.3 is 0 Å². The van der Waals surface area contributed by atoms with Gasteiger partial charge in [0.15, 0.2) is 0 Å². The van der Waals surface area contributed by atoms with Crippen molar-refractivity contribution < 1.29 is 4.74 Å². The van der Waals surface area contributed by atoms with Crippen LogP contribution in [0.4, 0.5) is 0 Å².